The van der Waals surface area contributed by atoms with Gasteiger partial charge in [-0.25, -0.2) is 0 Å². The van der Waals surface area contributed by atoms with E-state index in [-0.39, 0.29) is 0 Å². The molecular weight excluding hydrogens is 336 g/mol. The number of para-hydroxylation sites is 1. The highest BCUT2D eigenvalue weighted by Gasteiger charge is 2.38. The third-order valence-corrected chi connectivity index (χ3v) is 6.59. The SMILES string of the molecule is NC[C@H]1CC[C@@H](CC(=O)N2CCCN(c3ccccc3)CC2)N1CC1CC1. The zero-order valence-electron chi connectivity index (χ0n) is 16.4. The molecule has 1 saturated carbocycles. The molecule has 1 aromatic carbocycles. The van der Waals surface area contributed by atoms with Gasteiger partial charge in [0.1, 0.15) is 0 Å². The van der Waals surface area contributed by atoms with Crippen LogP contribution in [0.5, 0.6) is 0 Å². The molecule has 2 heterocycles. The number of rotatable bonds is 6. The standard InChI is InChI=1S/C22H34N4O/c23-16-21-10-9-20(26(21)17-18-7-8-18)15-22(27)25-12-4-11-24(13-14-25)19-5-2-1-3-6-19/h1-3,5-6,18,20-21H,4,7-17,23H2/t20-,21+/m0/s1. The van der Waals surface area contributed by atoms with Crippen molar-refractivity contribution in [3.8, 4) is 0 Å². The Hall–Kier alpha value is -1.59. The fourth-order valence-electron chi connectivity index (χ4n) is 4.78. The van der Waals surface area contributed by atoms with Crippen LogP contribution < -0.4 is 10.6 Å². The van der Waals surface area contributed by atoms with Gasteiger partial charge in [-0.05, 0) is 50.2 Å². The lowest BCUT2D eigenvalue weighted by atomic mass is 10.1. The van der Waals surface area contributed by atoms with Gasteiger partial charge in [0.25, 0.3) is 0 Å². The molecule has 4 rings (SSSR count). The minimum Gasteiger partial charge on any atom is -0.370 e. The van der Waals surface area contributed by atoms with Crippen LogP contribution in [0.25, 0.3) is 0 Å². The van der Waals surface area contributed by atoms with Crippen LogP contribution in [0, 0.1) is 5.92 Å². The molecule has 1 aliphatic carbocycles. The first-order valence-corrected chi connectivity index (χ1v) is 10.8. The van der Waals surface area contributed by atoms with Crippen LogP contribution in [0.1, 0.15) is 38.5 Å². The first kappa shape index (κ1) is 18.8. The Morgan fingerprint density at radius 1 is 0.963 bits per heavy atom. The van der Waals surface area contributed by atoms with Crippen LogP contribution in [0.2, 0.25) is 0 Å². The van der Waals surface area contributed by atoms with E-state index in [2.05, 4.69) is 45.0 Å². The predicted molar refractivity (Wildman–Crippen MR) is 110 cm³/mol. The van der Waals surface area contributed by atoms with E-state index < -0.39 is 0 Å². The summed E-state index contributed by atoms with van der Waals surface area (Å²) in [7, 11) is 0. The van der Waals surface area contributed by atoms with E-state index in [1.807, 2.05) is 0 Å². The van der Waals surface area contributed by atoms with E-state index in [9.17, 15) is 4.79 Å². The lowest BCUT2D eigenvalue weighted by Gasteiger charge is -2.31. The maximum absolute atomic E-state index is 13.0. The predicted octanol–water partition coefficient (Wildman–Crippen LogP) is 2.32. The van der Waals surface area contributed by atoms with Crippen molar-refractivity contribution in [2.45, 2.75) is 50.6 Å². The van der Waals surface area contributed by atoms with E-state index >= 15 is 0 Å². The molecule has 0 spiro atoms. The molecule has 2 aliphatic heterocycles. The Morgan fingerprint density at radius 2 is 1.74 bits per heavy atom. The molecule has 1 amide bonds. The lowest BCUT2D eigenvalue weighted by Crippen LogP contribution is -2.44. The summed E-state index contributed by atoms with van der Waals surface area (Å²) < 4.78 is 0. The summed E-state index contributed by atoms with van der Waals surface area (Å²) in [5, 5.41) is 0. The summed E-state index contributed by atoms with van der Waals surface area (Å²) in [5.74, 6) is 1.20. The number of amides is 1. The van der Waals surface area contributed by atoms with Crippen LogP contribution in [0.3, 0.4) is 0 Å². The van der Waals surface area contributed by atoms with Crippen molar-refractivity contribution in [1.82, 2.24) is 9.80 Å². The van der Waals surface area contributed by atoms with Crippen molar-refractivity contribution in [1.29, 1.82) is 0 Å². The average Bonchev–Trinajstić information content (AvgIpc) is 3.48. The van der Waals surface area contributed by atoms with Gasteiger partial charge in [0.15, 0.2) is 0 Å². The lowest BCUT2D eigenvalue weighted by molar-refractivity contribution is -0.132. The fraction of sp³-hybridized carbons (Fsp3) is 0.682. The number of hydrogen-bond donors (Lipinski definition) is 1. The molecule has 5 heteroatoms. The summed E-state index contributed by atoms with van der Waals surface area (Å²) in [4.78, 5) is 20.1. The Bertz CT molecular complexity index is 618. The second-order valence-electron chi connectivity index (χ2n) is 8.52. The zero-order chi connectivity index (χ0) is 18.6. The van der Waals surface area contributed by atoms with Crippen molar-refractivity contribution in [3.05, 3.63) is 30.3 Å². The van der Waals surface area contributed by atoms with E-state index in [0.29, 0.717) is 24.4 Å². The van der Waals surface area contributed by atoms with Crippen molar-refractivity contribution in [2.75, 3.05) is 44.2 Å². The summed E-state index contributed by atoms with van der Waals surface area (Å²) in [6, 6.07) is 11.5. The normalized spacial score (nSPS) is 27.0. The molecular formula is C22H34N4O. The van der Waals surface area contributed by atoms with Gasteiger partial charge < -0.3 is 15.5 Å². The van der Waals surface area contributed by atoms with E-state index in [0.717, 1.165) is 64.4 Å². The molecule has 0 radical (unpaired) electrons. The number of likely N-dealkylation sites (tertiary alicyclic amines) is 1. The molecule has 2 saturated heterocycles. The van der Waals surface area contributed by atoms with Crippen LogP contribution in [0.15, 0.2) is 30.3 Å². The van der Waals surface area contributed by atoms with Crippen molar-refractivity contribution in [2.24, 2.45) is 11.7 Å². The number of carbonyl (C=O) groups excluding carboxylic acids is 1. The number of anilines is 1. The topological polar surface area (TPSA) is 52.8 Å². The highest BCUT2D eigenvalue weighted by Crippen LogP contribution is 2.35. The van der Waals surface area contributed by atoms with Gasteiger partial charge in [-0.1, -0.05) is 18.2 Å². The summed E-state index contributed by atoms with van der Waals surface area (Å²) in [6.07, 6.45) is 6.72. The second kappa shape index (κ2) is 8.61. The van der Waals surface area contributed by atoms with E-state index in [1.54, 1.807) is 0 Å². The van der Waals surface area contributed by atoms with Gasteiger partial charge in [0.2, 0.25) is 5.91 Å². The third-order valence-electron chi connectivity index (χ3n) is 6.59. The third kappa shape index (κ3) is 4.64. The Kier molecular flexibility index (Phi) is 5.98. The molecule has 0 bridgehead atoms. The van der Waals surface area contributed by atoms with Gasteiger partial charge in [-0.15, -0.1) is 0 Å². The summed E-state index contributed by atoms with van der Waals surface area (Å²) in [6.45, 7) is 5.56. The Balaban J connectivity index is 1.32. The molecule has 0 unspecified atom stereocenters. The maximum atomic E-state index is 13.0. The van der Waals surface area contributed by atoms with Crippen molar-refractivity contribution >= 4 is 11.6 Å². The zero-order valence-corrected chi connectivity index (χ0v) is 16.4. The van der Waals surface area contributed by atoms with Gasteiger partial charge in [0, 0.05) is 63.5 Å². The second-order valence-corrected chi connectivity index (χ2v) is 8.52. The van der Waals surface area contributed by atoms with Gasteiger partial charge in [-0.3, -0.25) is 9.69 Å². The number of carbonyl (C=O) groups is 1. The first-order valence-electron chi connectivity index (χ1n) is 10.8. The first-order chi connectivity index (χ1) is 13.2. The molecule has 148 valence electrons. The number of hydrogen-bond acceptors (Lipinski definition) is 4. The van der Waals surface area contributed by atoms with E-state index in [4.69, 9.17) is 5.73 Å². The van der Waals surface area contributed by atoms with Crippen LogP contribution in [-0.2, 0) is 4.79 Å². The fourth-order valence-corrected chi connectivity index (χ4v) is 4.78. The monoisotopic (exact) mass is 370 g/mol. The van der Waals surface area contributed by atoms with E-state index in [1.165, 1.54) is 18.5 Å². The quantitative estimate of drug-likeness (QED) is 0.835. The summed E-state index contributed by atoms with van der Waals surface area (Å²) in [5.41, 5.74) is 7.27. The highest BCUT2D eigenvalue weighted by atomic mass is 16.2. The van der Waals surface area contributed by atoms with Crippen LogP contribution >= 0.6 is 0 Å². The Morgan fingerprint density at radius 3 is 2.48 bits per heavy atom. The number of nitrogens with zero attached hydrogens (tertiary/aromatic N) is 3. The highest BCUT2D eigenvalue weighted by molar-refractivity contribution is 5.77. The van der Waals surface area contributed by atoms with Crippen molar-refractivity contribution < 1.29 is 4.79 Å². The average molecular weight is 371 g/mol. The van der Waals surface area contributed by atoms with Gasteiger partial charge in [-0.2, -0.15) is 0 Å². The largest absolute Gasteiger partial charge is 0.370 e. The minimum atomic E-state index is 0.341. The Labute approximate surface area is 163 Å². The molecule has 2 atom stereocenters. The molecule has 27 heavy (non-hydrogen) atoms. The summed E-state index contributed by atoms with van der Waals surface area (Å²) >= 11 is 0. The molecule has 2 N–H and O–H groups in total. The molecule has 0 aromatic heterocycles. The molecule has 3 fully saturated rings. The smallest absolute Gasteiger partial charge is 0.224 e. The van der Waals surface area contributed by atoms with Gasteiger partial charge in [0.05, 0.1) is 0 Å². The molecule has 3 aliphatic rings. The van der Waals surface area contributed by atoms with Crippen LogP contribution in [-0.4, -0.2) is 67.1 Å². The number of benzene rings is 1. The van der Waals surface area contributed by atoms with Crippen LogP contribution in [0.4, 0.5) is 5.69 Å². The van der Waals surface area contributed by atoms with Crippen molar-refractivity contribution in [3.63, 3.8) is 0 Å². The van der Waals surface area contributed by atoms with Gasteiger partial charge >= 0.3 is 0 Å². The maximum Gasteiger partial charge on any atom is 0.224 e. The molecule has 1 aromatic rings. The number of nitrogens with two attached hydrogens (primary N) is 1. The minimum absolute atomic E-state index is 0.341. The molecule has 5 nitrogen and oxygen atoms in total.